The van der Waals surface area contributed by atoms with Gasteiger partial charge in [-0.2, -0.15) is 0 Å². The molecule has 0 fully saturated rings. The number of pyridine rings is 3. The third-order valence-electron chi connectivity index (χ3n) is 14.2. The zero-order valence-corrected chi connectivity index (χ0v) is 39.9. The predicted molar refractivity (Wildman–Crippen MR) is 297 cm³/mol. The Hall–Kier alpha value is -10.3. The average Bonchev–Trinajstić information content (AvgIpc) is 3.44. The molecule has 10 heteroatoms. The highest BCUT2D eigenvalue weighted by atomic mass is 16.5. The average molecular weight is 975 g/mol. The van der Waals surface area contributed by atoms with Crippen molar-refractivity contribution in [1.82, 2.24) is 8.97 Å². The Kier molecular flexibility index (Phi) is 9.79. The van der Waals surface area contributed by atoms with Crippen molar-refractivity contribution in [3.63, 3.8) is 0 Å². The number of aromatic nitrogens is 2. The van der Waals surface area contributed by atoms with Crippen LogP contribution in [-0.4, -0.2) is 15.3 Å². The van der Waals surface area contributed by atoms with Gasteiger partial charge in [0.1, 0.15) is 52.3 Å². The van der Waals surface area contributed by atoms with Crippen LogP contribution in [0.15, 0.2) is 215 Å². The number of hydrogen-bond acceptors (Lipinski definition) is 8. The summed E-state index contributed by atoms with van der Waals surface area (Å²) in [5, 5.41) is 6.72. The zero-order valence-electron chi connectivity index (χ0n) is 39.9. The second kappa shape index (κ2) is 16.9. The largest absolute Gasteiger partial charge is 0.457 e. The first-order chi connectivity index (χ1) is 36.8. The molecule has 14 aromatic rings. The highest BCUT2D eigenvalue weighted by Gasteiger charge is 2.32. The monoisotopic (exact) mass is 974 g/mol. The van der Waals surface area contributed by atoms with Crippen LogP contribution in [0.3, 0.4) is 0 Å². The lowest BCUT2D eigenvalue weighted by Gasteiger charge is -2.26. The summed E-state index contributed by atoms with van der Waals surface area (Å²) in [6.45, 7) is 1.92. The van der Waals surface area contributed by atoms with Gasteiger partial charge in [-0.3, -0.25) is 28.1 Å². The molecule has 3 heterocycles. The molecule has 3 aromatic heterocycles. The van der Waals surface area contributed by atoms with Crippen molar-refractivity contribution in [3.8, 4) is 51.7 Å². The summed E-state index contributed by atoms with van der Waals surface area (Å²) in [6, 6.07) is 60.8. The van der Waals surface area contributed by atoms with E-state index < -0.39 is 5.56 Å². The zero-order chi connectivity index (χ0) is 50.5. The van der Waals surface area contributed by atoms with E-state index in [0.717, 1.165) is 5.56 Å². The molecule has 14 rings (SSSR count). The maximum atomic E-state index is 15.8. The maximum absolute atomic E-state index is 15.8. The van der Waals surface area contributed by atoms with Gasteiger partial charge in [-0.25, -0.2) is 0 Å². The smallest absolute Gasteiger partial charge is 0.263 e. The number of fused-ring (bicyclic) bond motifs is 6. The molecular formula is C65H38N2O8. The molecule has 0 aliphatic carbocycles. The van der Waals surface area contributed by atoms with E-state index in [2.05, 4.69) is 0 Å². The predicted octanol–water partition coefficient (Wildman–Crippen LogP) is 13.9. The van der Waals surface area contributed by atoms with Crippen molar-refractivity contribution in [2.45, 2.75) is 6.92 Å². The number of rotatable bonds is 10. The van der Waals surface area contributed by atoms with Crippen LogP contribution in [0.25, 0.3) is 92.8 Å². The second-order valence-electron chi connectivity index (χ2n) is 18.5. The molecule has 11 aromatic carbocycles. The summed E-state index contributed by atoms with van der Waals surface area (Å²) in [4.78, 5) is 58.7. The summed E-state index contributed by atoms with van der Waals surface area (Å²) in [7, 11) is 0. The van der Waals surface area contributed by atoms with Crippen LogP contribution in [0.4, 0.5) is 0 Å². The Morgan fingerprint density at radius 2 is 0.787 bits per heavy atom. The molecule has 0 N–H and O–H groups in total. The van der Waals surface area contributed by atoms with Gasteiger partial charge in [0.15, 0.2) is 5.43 Å². The number of para-hydroxylation sites is 6. The Labute approximate surface area is 425 Å². The molecule has 0 unspecified atom stereocenters. The molecule has 75 heavy (non-hydrogen) atoms. The first-order valence-corrected chi connectivity index (χ1v) is 24.4. The highest BCUT2D eigenvalue weighted by Crippen LogP contribution is 2.57. The molecule has 0 radical (unpaired) electrons. The number of aldehydes is 1. The molecule has 0 aliphatic heterocycles. The third kappa shape index (κ3) is 6.66. The summed E-state index contributed by atoms with van der Waals surface area (Å²) in [5.41, 5.74) is 1.21. The van der Waals surface area contributed by atoms with Crippen LogP contribution in [0.5, 0.6) is 46.0 Å². The first-order valence-electron chi connectivity index (χ1n) is 24.4. The van der Waals surface area contributed by atoms with Crippen molar-refractivity contribution in [1.29, 1.82) is 0 Å². The highest BCUT2D eigenvalue weighted by molar-refractivity contribution is 6.44. The summed E-state index contributed by atoms with van der Waals surface area (Å²) in [6.07, 6.45) is 2.10. The molecule has 0 amide bonds. The van der Waals surface area contributed by atoms with Gasteiger partial charge < -0.3 is 18.9 Å². The van der Waals surface area contributed by atoms with Crippen LogP contribution >= 0.6 is 0 Å². The molecule has 10 nitrogen and oxygen atoms in total. The number of nitrogens with zero attached hydrogens (tertiary/aromatic N) is 2. The van der Waals surface area contributed by atoms with Crippen LogP contribution in [-0.2, 0) is 4.79 Å². The number of ether oxygens (including phenoxy) is 4. The minimum absolute atomic E-state index is 0.252. The molecule has 0 aliphatic rings. The number of aryl methyl sites for hydroxylation is 1. The number of hydrogen-bond donors (Lipinski definition) is 0. The summed E-state index contributed by atoms with van der Waals surface area (Å²) < 4.78 is 31.6. The maximum Gasteiger partial charge on any atom is 0.263 e. The van der Waals surface area contributed by atoms with E-state index in [0.29, 0.717) is 144 Å². The van der Waals surface area contributed by atoms with Gasteiger partial charge in [-0.1, -0.05) is 103 Å². The van der Waals surface area contributed by atoms with Gasteiger partial charge in [0.25, 0.3) is 11.1 Å². The normalized spacial score (nSPS) is 12.1. The topological polar surface area (TPSA) is 115 Å². The van der Waals surface area contributed by atoms with Gasteiger partial charge in [0.05, 0.1) is 32.8 Å². The molecule has 0 saturated heterocycles. The summed E-state index contributed by atoms with van der Waals surface area (Å²) >= 11 is 0. The van der Waals surface area contributed by atoms with E-state index in [1.807, 2.05) is 171 Å². The fourth-order valence-electron chi connectivity index (χ4n) is 11.1. The Morgan fingerprint density at radius 1 is 0.373 bits per heavy atom. The van der Waals surface area contributed by atoms with E-state index in [-0.39, 0.29) is 11.0 Å². The van der Waals surface area contributed by atoms with Gasteiger partial charge in [0, 0.05) is 71.4 Å². The Bertz CT molecular complexity index is 4890. The summed E-state index contributed by atoms with van der Waals surface area (Å²) in [5.74, 6) is 3.30. The number of carbonyl (C=O) groups is 1. The minimum Gasteiger partial charge on any atom is -0.457 e. The third-order valence-corrected chi connectivity index (χ3v) is 14.2. The molecule has 0 saturated carbocycles. The van der Waals surface area contributed by atoms with E-state index in [1.165, 1.54) is 12.1 Å². The molecule has 0 atom stereocenters. The van der Waals surface area contributed by atoms with E-state index in [1.54, 1.807) is 39.3 Å². The lowest BCUT2D eigenvalue weighted by molar-refractivity contribution is -0.103. The van der Waals surface area contributed by atoms with E-state index in [9.17, 15) is 9.59 Å². The van der Waals surface area contributed by atoms with Crippen molar-refractivity contribution in [3.05, 3.63) is 242 Å². The number of benzene rings is 11. The number of carbonyl (C=O) groups excluding carboxylic acids is 1. The van der Waals surface area contributed by atoms with Gasteiger partial charge in [-0.05, 0) is 103 Å². The van der Waals surface area contributed by atoms with Gasteiger partial charge in [-0.15, -0.1) is 0 Å². The standard InChI is InChI=1S/C65H38N2O8/c1-37-18-14-16-28-47(37)66-49(30-31-68)43-32-52(72-38-19-6-2-7-20-38)58-61-55(75-41-25-12-5-13-26-41)35-46-57-44(50-36-51(69)42-27-15-17-29-48(42)67(50)65(46)71)33-53(73-39-21-8-3-9-22-39)59(63(57)61)60-54(74-40-23-10-4-11-24-40)34-45(64(66)70)56(43)62(58)60/h2-36H,1H3/b49-30-. The van der Waals surface area contributed by atoms with Gasteiger partial charge >= 0.3 is 0 Å². The lowest BCUT2D eigenvalue weighted by atomic mass is 9.83. The molecule has 356 valence electrons. The van der Waals surface area contributed by atoms with E-state index in [4.69, 9.17) is 18.9 Å². The van der Waals surface area contributed by atoms with Gasteiger partial charge in [0.2, 0.25) is 0 Å². The first kappa shape index (κ1) is 43.5. The fraction of sp³-hybridized carbons (Fsp3) is 0.0154. The van der Waals surface area contributed by atoms with Crippen LogP contribution < -0.4 is 40.8 Å². The molecule has 0 spiro atoms. The van der Waals surface area contributed by atoms with Crippen molar-refractivity contribution >= 4 is 93.4 Å². The van der Waals surface area contributed by atoms with Crippen LogP contribution in [0, 0.1) is 6.92 Å². The fourth-order valence-corrected chi connectivity index (χ4v) is 11.1. The molecule has 0 bridgehead atoms. The molecular weight excluding hydrogens is 937 g/mol. The van der Waals surface area contributed by atoms with Crippen LogP contribution in [0.1, 0.15) is 5.56 Å². The SMILES string of the molecule is Cc1ccccc1-n1c(=O)c2cc(Oc3ccccc3)c3c4c(Oc5ccccc5)cc5c6c(cc(Oc7ccccc7)c(c7c(Oc8ccccc8)cc(/c1=C/C=O)c2c73)c46)c(=O)n1c2ccccc2c(=O)cc51. The Morgan fingerprint density at radius 3 is 1.28 bits per heavy atom. The van der Waals surface area contributed by atoms with Crippen molar-refractivity contribution in [2.24, 2.45) is 0 Å². The van der Waals surface area contributed by atoms with Crippen molar-refractivity contribution in [2.75, 3.05) is 0 Å². The quantitative estimate of drug-likeness (QED) is 0.0756. The second-order valence-corrected chi connectivity index (χ2v) is 18.5. The minimum atomic E-state index is -0.394. The van der Waals surface area contributed by atoms with Crippen LogP contribution in [0.2, 0.25) is 0 Å². The lowest BCUT2D eigenvalue weighted by Crippen LogP contribution is -2.33. The van der Waals surface area contributed by atoms with Crippen molar-refractivity contribution < 1.29 is 23.7 Å². The van der Waals surface area contributed by atoms with E-state index >= 15 is 9.59 Å². The Balaban J connectivity index is 1.32.